The number of carbonyl (C=O) groups excluding carboxylic acids is 2. The monoisotopic (exact) mass is 265 g/mol. The van der Waals surface area contributed by atoms with Gasteiger partial charge in [-0.25, -0.2) is 0 Å². The van der Waals surface area contributed by atoms with Crippen LogP contribution in [0.1, 0.15) is 23.3 Å². The number of aromatic nitrogens is 1. The summed E-state index contributed by atoms with van der Waals surface area (Å²) in [6, 6.07) is 3.45. The first-order chi connectivity index (χ1) is 9.11. The van der Waals surface area contributed by atoms with E-state index in [9.17, 15) is 14.7 Å². The van der Waals surface area contributed by atoms with Gasteiger partial charge in [0.1, 0.15) is 5.69 Å². The maximum absolute atomic E-state index is 11.8. The lowest BCUT2D eigenvalue weighted by molar-refractivity contribution is -0.121. The van der Waals surface area contributed by atoms with Gasteiger partial charge in [0, 0.05) is 19.3 Å². The number of aryl methyl sites for hydroxylation is 1. The zero-order valence-electron chi connectivity index (χ0n) is 11.0. The Kier molecular flexibility index (Phi) is 4.34. The maximum atomic E-state index is 11.8. The van der Waals surface area contributed by atoms with Crippen molar-refractivity contribution < 1.29 is 14.7 Å². The average Bonchev–Trinajstić information content (AvgIpc) is 2.97. The molecule has 2 rings (SSSR count). The van der Waals surface area contributed by atoms with Crippen LogP contribution in [0.25, 0.3) is 0 Å². The minimum atomic E-state index is -0.391. The second-order valence-corrected chi connectivity index (χ2v) is 4.83. The van der Waals surface area contributed by atoms with Crippen LogP contribution in [-0.4, -0.2) is 52.1 Å². The van der Waals surface area contributed by atoms with E-state index in [1.165, 1.54) is 0 Å². The second-order valence-electron chi connectivity index (χ2n) is 4.83. The summed E-state index contributed by atoms with van der Waals surface area (Å²) in [5.41, 5.74) is 0.452. The predicted octanol–water partition coefficient (Wildman–Crippen LogP) is -0.262. The fourth-order valence-electron chi connectivity index (χ4n) is 2.42. The van der Waals surface area contributed by atoms with E-state index < -0.39 is 5.91 Å². The standard InChI is InChI=1S/C13H19N3O3/c1-15-6-3-5-11(15)13(19)14-12(18)8-16-7-2-4-10(16)9-17/h3,5-6,10,17H,2,4,7-9H2,1H3,(H,14,18,19)/t10-/m1/s1. The molecule has 1 aromatic rings. The number of hydrogen-bond donors (Lipinski definition) is 2. The number of aliphatic hydroxyl groups excluding tert-OH is 1. The third kappa shape index (κ3) is 3.21. The summed E-state index contributed by atoms with van der Waals surface area (Å²) in [4.78, 5) is 25.6. The number of likely N-dealkylation sites (tertiary alicyclic amines) is 1. The third-order valence-electron chi connectivity index (χ3n) is 3.49. The van der Waals surface area contributed by atoms with Crippen molar-refractivity contribution in [2.75, 3.05) is 19.7 Å². The Hall–Kier alpha value is -1.66. The first-order valence-electron chi connectivity index (χ1n) is 6.42. The van der Waals surface area contributed by atoms with Gasteiger partial charge in [-0.15, -0.1) is 0 Å². The molecule has 0 spiro atoms. The molecule has 2 amide bonds. The summed E-state index contributed by atoms with van der Waals surface area (Å²) in [5.74, 6) is -0.719. The van der Waals surface area contributed by atoms with Crippen molar-refractivity contribution in [3.05, 3.63) is 24.0 Å². The van der Waals surface area contributed by atoms with E-state index in [1.54, 1.807) is 29.9 Å². The lowest BCUT2D eigenvalue weighted by atomic mass is 10.2. The largest absolute Gasteiger partial charge is 0.395 e. The lowest BCUT2D eigenvalue weighted by Crippen LogP contribution is -2.43. The van der Waals surface area contributed by atoms with Gasteiger partial charge in [0.25, 0.3) is 5.91 Å². The first-order valence-corrected chi connectivity index (χ1v) is 6.42. The Labute approximate surface area is 112 Å². The molecular formula is C13H19N3O3. The number of carbonyl (C=O) groups is 2. The first kappa shape index (κ1) is 13.8. The van der Waals surface area contributed by atoms with Gasteiger partial charge in [-0.1, -0.05) is 0 Å². The molecule has 0 aliphatic carbocycles. The topological polar surface area (TPSA) is 74.6 Å². The molecule has 104 valence electrons. The van der Waals surface area contributed by atoms with Crippen molar-refractivity contribution in [3.8, 4) is 0 Å². The fourth-order valence-corrected chi connectivity index (χ4v) is 2.42. The van der Waals surface area contributed by atoms with E-state index in [2.05, 4.69) is 5.32 Å². The normalized spacial score (nSPS) is 19.6. The van der Waals surface area contributed by atoms with Crippen LogP contribution in [0.15, 0.2) is 18.3 Å². The smallest absolute Gasteiger partial charge is 0.274 e. The molecule has 0 aromatic carbocycles. The molecule has 19 heavy (non-hydrogen) atoms. The van der Waals surface area contributed by atoms with E-state index in [1.807, 2.05) is 4.90 Å². The molecule has 1 aliphatic heterocycles. The molecule has 1 atom stereocenters. The molecule has 1 aliphatic rings. The summed E-state index contributed by atoms with van der Waals surface area (Å²) in [5, 5.41) is 11.5. The van der Waals surface area contributed by atoms with Crippen LogP contribution in [-0.2, 0) is 11.8 Å². The molecule has 6 nitrogen and oxygen atoms in total. The Morgan fingerprint density at radius 3 is 2.95 bits per heavy atom. The molecule has 2 N–H and O–H groups in total. The van der Waals surface area contributed by atoms with Crippen molar-refractivity contribution >= 4 is 11.8 Å². The van der Waals surface area contributed by atoms with E-state index in [4.69, 9.17) is 0 Å². The summed E-state index contributed by atoms with van der Waals surface area (Å²) in [6.07, 6.45) is 3.63. The highest BCUT2D eigenvalue weighted by Crippen LogP contribution is 2.15. The lowest BCUT2D eigenvalue weighted by Gasteiger charge is -2.21. The summed E-state index contributed by atoms with van der Waals surface area (Å²) < 4.78 is 1.66. The van der Waals surface area contributed by atoms with Crippen LogP contribution in [0.3, 0.4) is 0 Å². The molecule has 6 heteroatoms. The molecule has 0 radical (unpaired) electrons. The minimum Gasteiger partial charge on any atom is -0.395 e. The third-order valence-corrected chi connectivity index (χ3v) is 3.49. The summed E-state index contributed by atoms with van der Waals surface area (Å²) in [7, 11) is 1.75. The highest BCUT2D eigenvalue weighted by Gasteiger charge is 2.26. The predicted molar refractivity (Wildman–Crippen MR) is 69.6 cm³/mol. The van der Waals surface area contributed by atoms with Crippen molar-refractivity contribution in [1.29, 1.82) is 0 Å². The Morgan fingerprint density at radius 1 is 1.53 bits per heavy atom. The quantitative estimate of drug-likeness (QED) is 0.786. The summed E-state index contributed by atoms with van der Waals surface area (Å²) >= 11 is 0. The van der Waals surface area contributed by atoms with Gasteiger partial charge < -0.3 is 9.67 Å². The highest BCUT2D eigenvalue weighted by atomic mass is 16.3. The van der Waals surface area contributed by atoms with Crippen LogP contribution in [0, 0.1) is 0 Å². The molecular weight excluding hydrogens is 246 g/mol. The van der Waals surface area contributed by atoms with Gasteiger partial charge in [-0.05, 0) is 31.5 Å². The number of amides is 2. The van der Waals surface area contributed by atoms with Gasteiger partial charge >= 0.3 is 0 Å². The van der Waals surface area contributed by atoms with Crippen LogP contribution in [0.2, 0.25) is 0 Å². The Morgan fingerprint density at radius 2 is 2.32 bits per heavy atom. The number of imide groups is 1. The van der Waals surface area contributed by atoms with E-state index in [0.29, 0.717) is 5.69 Å². The molecule has 0 unspecified atom stereocenters. The van der Waals surface area contributed by atoms with Gasteiger partial charge in [0.05, 0.1) is 13.2 Å². The zero-order chi connectivity index (χ0) is 13.8. The van der Waals surface area contributed by atoms with Gasteiger partial charge in [-0.2, -0.15) is 0 Å². The Bertz CT molecular complexity index is 469. The number of nitrogens with zero attached hydrogens (tertiary/aromatic N) is 2. The average molecular weight is 265 g/mol. The van der Waals surface area contributed by atoms with Gasteiger partial charge in [0.2, 0.25) is 5.91 Å². The van der Waals surface area contributed by atoms with Crippen LogP contribution in [0.5, 0.6) is 0 Å². The van der Waals surface area contributed by atoms with Crippen molar-refractivity contribution in [2.24, 2.45) is 7.05 Å². The molecule has 1 saturated heterocycles. The van der Waals surface area contributed by atoms with Crippen molar-refractivity contribution in [1.82, 2.24) is 14.8 Å². The van der Waals surface area contributed by atoms with Crippen LogP contribution in [0.4, 0.5) is 0 Å². The minimum absolute atomic E-state index is 0.0379. The van der Waals surface area contributed by atoms with Crippen molar-refractivity contribution in [3.63, 3.8) is 0 Å². The number of aliphatic hydroxyl groups is 1. The van der Waals surface area contributed by atoms with E-state index in [0.717, 1.165) is 19.4 Å². The fraction of sp³-hybridized carbons (Fsp3) is 0.538. The molecule has 1 fully saturated rings. The SMILES string of the molecule is Cn1cccc1C(=O)NC(=O)CN1CCC[C@@H]1CO. The highest BCUT2D eigenvalue weighted by molar-refractivity contribution is 6.04. The van der Waals surface area contributed by atoms with Crippen LogP contribution >= 0.6 is 0 Å². The summed E-state index contributed by atoms with van der Waals surface area (Å²) in [6.45, 7) is 0.997. The van der Waals surface area contributed by atoms with Gasteiger partial charge in [0.15, 0.2) is 0 Å². The van der Waals surface area contributed by atoms with Crippen molar-refractivity contribution in [2.45, 2.75) is 18.9 Å². The number of hydrogen-bond acceptors (Lipinski definition) is 4. The van der Waals surface area contributed by atoms with Gasteiger partial charge in [-0.3, -0.25) is 19.8 Å². The Balaban J connectivity index is 1.88. The maximum Gasteiger partial charge on any atom is 0.274 e. The van der Waals surface area contributed by atoms with E-state index in [-0.39, 0.29) is 25.1 Å². The molecule has 0 saturated carbocycles. The molecule has 0 bridgehead atoms. The molecule has 2 heterocycles. The zero-order valence-corrected chi connectivity index (χ0v) is 11.0. The number of nitrogens with one attached hydrogen (secondary N) is 1. The van der Waals surface area contributed by atoms with E-state index >= 15 is 0 Å². The number of rotatable bonds is 4. The second kappa shape index (κ2) is 5.99. The van der Waals surface area contributed by atoms with Crippen LogP contribution < -0.4 is 5.32 Å². The molecule has 1 aromatic heterocycles.